The first-order valence-corrected chi connectivity index (χ1v) is 6.04. The number of esters is 2. The fourth-order valence-electron chi connectivity index (χ4n) is 0.929. The molecule has 0 saturated heterocycles. The van der Waals surface area contributed by atoms with Gasteiger partial charge in [0.25, 0.3) is 0 Å². The summed E-state index contributed by atoms with van der Waals surface area (Å²) in [5.41, 5.74) is -0.999. The number of hydrogen-bond donors (Lipinski definition) is 2. The van der Waals surface area contributed by atoms with E-state index in [0.29, 0.717) is 6.08 Å². The third-order valence-electron chi connectivity index (χ3n) is 2.56. The molecule has 0 amide bonds. The van der Waals surface area contributed by atoms with Crippen LogP contribution < -0.4 is 0 Å². The summed E-state index contributed by atoms with van der Waals surface area (Å²) in [5, 5.41) is 15.9. The van der Waals surface area contributed by atoms with Gasteiger partial charge in [-0.25, -0.2) is 14.4 Å². The van der Waals surface area contributed by atoms with Crippen LogP contribution in [-0.2, 0) is 28.7 Å². The second-order valence-electron chi connectivity index (χ2n) is 4.51. The Hall–Kier alpha value is -2.64. The lowest BCUT2D eigenvalue weighted by Crippen LogP contribution is -2.39. The zero-order valence-corrected chi connectivity index (χ0v) is 12.9. The van der Waals surface area contributed by atoms with Crippen LogP contribution in [0.15, 0.2) is 24.8 Å². The SMILES string of the molecule is C=CC(=O)O.COC(=O)C(C)(C)C(C)OC(=O)/C=C\C(=O)O. The smallest absolute Gasteiger partial charge is 0.331 e. The monoisotopic (exact) mass is 316 g/mol. The first-order chi connectivity index (χ1) is 9.98. The second-order valence-corrected chi connectivity index (χ2v) is 4.51. The van der Waals surface area contributed by atoms with Gasteiger partial charge in [-0.1, -0.05) is 6.58 Å². The lowest BCUT2D eigenvalue weighted by molar-refractivity contribution is -0.164. The maximum atomic E-state index is 11.4. The molecular weight excluding hydrogens is 296 g/mol. The predicted molar refractivity (Wildman–Crippen MR) is 76.0 cm³/mol. The number of carboxylic acids is 2. The summed E-state index contributed by atoms with van der Waals surface area (Å²) in [5.74, 6) is -3.57. The topological polar surface area (TPSA) is 127 Å². The largest absolute Gasteiger partial charge is 0.478 e. The third kappa shape index (κ3) is 9.29. The minimum Gasteiger partial charge on any atom is -0.478 e. The molecule has 0 aromatic rings. The zero-order chi connectivity index (χ0) is 17.9. The maximum absolute atomic E-state index is 11.4. The molecular formula is C14H20O8. The molecule has 0 aromatic heterocycles. The Bertz CT molecular complexity index is 461. The van der Waals surface area contributed by atoms with Crippen molar-refractivity contribution >= 4 is 23.9 Å². The van der Waals surface area contributed by atoms with Gasteiger partial charge in [-0.05, 0) is 20.8 Å². The predicted octanol–water partition coefficient (Wildman–Crippen LogP) is 1.02. The van der Waals surface area contributed by atoms with E-state index in [1.807, 2.05) is 0 Å². The molecule has 8 nitrogen and oxygen atoms in total. The summed E-state index contributed by atoms with van der Waals surface area (Å²) in [6.45, 7) is 7.63. The average Bonchev–Trinajstić information content (AvgIpc) is 2.44. The van der Waals surface area contributed by atoms with Crippen molar-refractivity contribution in [3.05, 3.63) is 24.8 Å². The fourth-order valence-corrected chi connectivity index (χ4v) is 0.929. The van der Waals surface area contributed by atoms with E-state index in [-0.39, 0.29) is 0 Å². The summed E-state index contributed by atoms with van der Waals surface area (Å²) < 4.78 is 9.47. The van der Waals surface area contributed by atoms with E-state index < -0.39 is 35.4 Å². The quantitative estimate of drug-likeness (QED) is 0.549. The number of ether oxygens (including phenoxy) is 2. The summed E-state index contributed by atoms with van der Waals surface area (Å²) in [6.07, 6.45) is 1.55. The Balaban J connectivity index is 0. The lowest BCUT2D eigenvalue weighted by atomic mass is 9.87. The number of hydrogen-bond acceptors (Lipinski definition) is 6. The van der Waals surface area contributed by atoms with Crippen molar-refractivity contribution in [2.24, 2.45) is 5.41 Å². The summed E-state index contributed by atoms with van der Waals surface area (Å²) >= 11 is 0. The van der Waals surface area contributed by atoms with E-state index in [9.17, 15) is 19.2 Å². The molecule has 0 aliphatic carbocycles. The van der Waals surface area contributed by atoms with E-state index in [1.54, 1.807) is 13.8 Å². The number of carbonyl (C=O) groups is 4. The summed E-state index contributed by atoms with van der Waals surface area (Å²) in [7, 11) is 1.24. The van der Waals surface area contributed by atoms with Crippen LogP contribution in [0.3, 0.4) is 0 Å². The number of aliphatic carboxylic acids is 2. The highest BCUT2D eigenvalue weighted by Crippen LogP contribution is 2.24. The van der Waals surface area contributed by atoms with E-state index in [0.717, 1.165) is 12.2 Å². The molecule has 0 heterocycles. The van der Waals surface area contributed by atoms with Gasteiger partial charge < -0.3 is 19.7 Å². The van der Waals surface area contributed by atoms with Gasteiger partial charge in [0.2, 0.25) is 0 Å². The molecule has 0 aromatic carbocycles. The van der Waals surface area contributed by atoms with Crippen LogP contribution >= 0.6 is 0 Å². The van der Waals surface area contributed by atoms with Gasteiger partial charge >= 0.3 is 23.9 Å². The molecule has 1 unspecified atom stereocenters. The van der Waals surface area contributed by atoms with Gasteiger partial charge in [0, 0.05) is 18.2 Å². The van der Waals surface area contributed by atoms with Crippen molar-refractivity contribution in [2.45, 2.75) is 26.9 Å². The molecule has 0 fully saturated rings. The van der Waals surface area contributed by atoms with E-state index in [4.69, 9.17) is 14.9 Å². The van der Waals surface area contributed by atoms with Crippen molar-refractivity contribution in [1.29, 1.82) is 0 Å². The molecule has 0 aliphatic rings. The van der Waals surface area contributed by atoms with Gasteiger partial charge in [0.15, 0.2) is 0 Å². The van der Waals surface area contributed by atoms with Crippen molar-refractivity contribution in [3.8, 4) is 0 Å². The third-order valence-corrected chi connectivity index (χ3v) is 2.56. The maximum Gasteiger partial charge on any atom is 0.331 e. The molecule has 124 valence electrons. The lowest BCUT2D eigenvalue weighted by Gasteiger charge is -2.27. The first kappa shape index (κ1) is 21.7. The molecule has 2 N–H and O–H groups in total. The number of methoxy groups -OCH3 is 1. The van der Waals surface area contributed by atoms with Crippen LogP contribution in [0.2, 0.25) is 0 Å². The Kier molecular flexibility index (Phi) is 9.98. The molecule has 1 atom stereocenters. The van der Waals surface area contributed by atoms with Gasteiger partial charge in [0.1, 0.15) is 6.10 Å². The molecule has 0 radical (unpaired) electrons. The van der Waals surface area contributed by atoms with Crippen LogP contribution in [0.4, 0.5) is 0 Å². The molecule has 22 heavy (non-hydrogen) atoms. The van der Waals surface area contributed by atoms with Crippen LogP contribution in [-0.4, -0.2) is 47.3 Å². The van der Waals surface area contributed by atoms with E-state index in [1.165, 1.54) is 14.0 Å². The standard InChI is InChI=1S/C11H16O6.C3H4O2/c1-7(11(2,3)10(15)16-4)17-9(14)6-5-8(12)13;1-2-3(4)5/h5-7H,1-4H3,(H,12,13);2H,1H2,(H,4,5)/b6-5-;. The van der Waals surface area contributed by atoms with Gasteiger partial charge in [-0.15, -0.1) is 0 Å². The van der Waals surface area contributed by atoms with Crippen molar-refractivity contribution in [3.63, 3.8) is 0 Å². The van der Waals surface area contributed by atoms with Crippen LogP contribution in [0.25, 0.3) is 0 Å². The minimum absolute atomic E-state index is 0.514. The van der Waals surface area contributed by atoms with Crippen LogP contribution in [0.5, 0.6) is 0 Å². The Morgan fingerprint density at radius 1 is 1.09 bits per heavy atom. The molecule has 0 bridgehead atoms. The Morgan fingerprint density at radius 3 is 1.86 bits per heavy atom. The highest BCUT2D eigenvalue weighted by Gasteiger charge is 2.37. The van der Waals surface area contributed by atoms with Crippen molar-refractivity contribution < 1.29 is 38.9 Å². The highest BCUT2D eigenvalue weighted by molar-refractivity contribution is 5.91. The summed E-state index contributed by atoms with van der Waals surface area (Å²) in [6, 6.07) is 0. The zero-order valence-electron chi connectivity index (χ0n) is 12.9. The minimum atomic E-state index is -1.25. The molecule has 0 saturated carbocycles. The fraction of sp³-hybridized carbons (Fsp3) is 0.429. The van der Waals surface area contributed by atoms with E-state index in [2.05, 4.69) is 11.3 Å². The number of carboxylic acid groups (broad SMARTS) is 2. The second kappa shape index (κ2) is 10.1. The van der Waals surface area contributed by atoms with Gasteiger partial charge in [0.05, 0.1) is 12.5 Å². The van der Waals surface area contributed by atoms with Crippen LogP contribution in [0, 0.1) is 5.41 Å². The summed E-state index contributed by atoms with van der Waals surface area (Å²) in [4.78, 5) is 42.0. The molecule has 0 rings (SSSR count). The normalized spacial score (nSPS) is 11.6. The molecule has 0 aliphatic heterocycles. The molecule has 0 spiro atoms. The number of carbonyl (C=O) groups excluding carboxylic acids is 2. The van der Waals surface area contributed by atoms with Gasteiger partial charge in [-0.3, -0.25) is 4.79 Å². The highest BCUT2D eigenvalue weighted by atomic mass is 16.6. The average molecular weight is 316 g/mol. The van der Waals surface area contributed by atoms with Crippen LogP contribution in [0.1, 0.15) is 20.8 Å². The number of rotatable bonds is 6. The molecule has 8 heteroatoms. The van der Waals surface area contributed by atoms with Crippen molar-refractivity contribution in [1.82, 2.24) is 0 Å². The van der Waals surface area contributed by atoms with Gasteiger partial charge in [-0.2, -0.15) is 0 Å². The van der Waals surface area contributed by atoms with Crippen molar-refractivity contribution in [2.75, 3.05) is 7.11 Å². The Morgan fingerprint density at radius 2 is 1.55 bits per heavy atom. The first-order valence-electron chi connectivity index (χ1n) is 6.04. The van der Waals surface area contributed by atoms with E-state index >= 15 is 0 Å². The Labute approximate surface area is 128 Å².